The second-order valence-corrected chi connectivity index (χ2v) is 4.77. The number of nitrogens with one attached hydrogen (secondary N) is 1. The Kier molecular flexibility index (Phi) is 2.40. The number of H-pyrrole nitrogens is 1. The maximum absolute atomic E-state index is 5.66. The fourth-order valence-electron chi connectivity index (χ4n) is 1.67. The van der Waals surface area contributed by atoms with Crippen molar-refractivity contribution in [3.8, 4) is 0 Å². The van der Waals surface area contributed by atoms with Crippen molar-refractivity contribution >= 4 is 22.9 Å². The first kappa shape index (κ1) is 10.4. The Morgan fingerprint density at radius 1 is 1.24 bits per heavy atom. The average Bonchev–Trinajstić information content (AvgIpc) is 2.87. The fourth-order valence-corrected chi connectivity index (χ4v) is 2.52. The van der Waals surface area contributed by atoms with Gasteiger partial charge in [0, 0.05) is 5.69 Å². The van der Waals surface area contributed by atoms with E-state index in [1.807, 2.05) is 38.1 Å². The Bertz CT molecular complexity index is 619. The number of hydrogen-bond donors (Lipinski definition) is 1. The first-order chi connectivity index (χ1) is 8.24. The molecular formula is C12H11N3OS. The van der Waals surface area contributed by atoms with Gasteiger partial charge in [-0.05, 0) is 37.7 Å². The molecular weight excluding hydrogens is 234 g/mol. The molecule has 0 aliphatic carbocycles. The van der Waals surface area contributed by atoms with E-state index in [0.717, 1.165) is 27.4 Å². The first-order valence-corrected chi connectivity index (χ1v) is 6.10. The molecule has 0 aliphatic heterocycles. The van der Waals surface area contributed by atoms with Crippen molar-refractivity contribution in [2.45, 2.75) is 24.0 Å². The highest BCUT2D eigenvalue weighted by atomic mass is 32.2. The molecule has 0 bridgehead atoms. The van der Waals surface area contributed by atoms with E-state index < -0.39 is 0 Å². The Morgan fingerprint density at radius 3 is 2.76 bits per heavy atom. The normalized spacial score (nSPS) is 11.2. The SMILES string of the molecule is Cc1n[nH]c(C)c1Sc1nc2ccccc2o1. The summed E-state index contributed by atoms with van der Waals surface area (Å²) in [6.45, 7) is 3.96. The van der Waals surface area contributed by atoms with E-state index in [4.69, 9.17) is 4.42 Å². The highest BCUT2D eigenvalue weighted by molar-refractivity contribution is 7.99. The molecule has 17 heavy (non-hydrogen) atoms. The zero-order chi connectivity index (χ0) is 11.8. The van der Waals surface area contributed by atoms with Crippen LogP contribution in [0.4, 0.5) is 0 Å². The van der Waals surface area contributed by atoms with E-state index in [-0.39, 0.29) is 0 Å². The standard InChI is InChI=1S/C12H11N3OS/c1-7-11(8(2)15-14-7)17-12-13-9-5-3-4-6-10(9)16-12/h3-6H,1-2H3,(H,14,15). The van der Waals surface area contributed by atoms with Gasteiger partial charge in [-0.15, -0.1) is 0 Å². The van der Waals surface area contributed by atoms with Crippen LogP contribution in [-0.4, -0.2) is 15.2 Å². The highest BCUT2D eigenvalue weighted by Crippen LogP contribution is 2.32. The molecule has 0 atom stereocenters. The van der Waals surface area contributed by atoms with Gasteiger partial charge >= 0.3 is 0 Å². The van der Waals surface area contributed by atoms with E-state index in [0.29, 0.717) is 5.22 Å². The maximum Gasteiger partial charge on any atom is 0.261 e. The van der Waals surface area contributed by atoms with Crippen LogP contribution in [0.2, 0.25) is 0 Å². The second-order valence-electron chi connectivity index (χ2n) is 3.81. The van der Waals surface area contributed by atoms with E-state index >= 15 is 0 Å². The number of benzene rings is 1. The van der Waals surface area contributed by atoms with E-state index in [1.165, 1.54) is 11.8 Å². The van der Waals surface area contributed by atoms with Crippen LogP contribution in [0.5, 0.6) is 0 Å². The number of para-hydroxylation sites is 2. The highest BCUT2D eigenvalue weighted by Gasteiger charge is 2.12. The molecule has 0 aliphatic rings. The molecule has 1 aromatic carbocycles. The van der Waals surface area contributed by atoms with Crippen molar-refractivity contribution in [3.05, 3.63) is 35.7 Å². The van der Waals surface area contributed by atoms with Crippen LogP contribution in [0.1, 0.15) is 11.4 Å². The van der Waals surface area contributed by atoms with Gasteiger partial charge in [0.25, 0.3) is 5.22 Å². The third kappa shape index (κ3) is 1.82. The lowest BCUT2D eigenvalue weighted by Gasteiger charge is -1.94. The number of nitrogens with zero attached hydrogens (tertiary/aromatic N) is 2. The smallest absolute Gasteiger partial charge is 0.261 e. The number of aromatic amines is 1. The Hall–Kier alpha value is -1.75. The molecule has 3 rings (SSSR count). The molecule has 5 heteroatoms. The van der Waals surface area contributed by atoms with Gasteiger partial charge in [-0.3, -0.25) is 5.10 Å². The molecule has 4 nitrogen and oxygen atoms in total. The largest absolute Gasteiger partial charge is 0.431 e. The number of aromatic nitrogens is 3. The lowest BCUT2D eigenvalue weighted by atomic mass is 10.3. The van der Waals surface area contributed by atoms with Crippen LogP contribution in [0, 0.1) is 13.8 Å². The summed E-state index contributed by atoms with van der Waals surface area (Å²) in [4.78, 5) is 5.50. The van der Waals surface area contributed by atoms with Crippen molar-refractivity contribution in [1.82, 2.24) is 15.2 Å². The second kappa shape index (κ2) is 3.92. The van der Waals surface area contributed by atoms with Crippen LogP contribution in [0.25, 0.3) is 11.1 Å². The molecule has 0 spiro atoms. The summed E-state index contributed by atoms with van der Waals surface area (Å²) in [5.74, 6) is 0. The lowest BCUT2D eigenvalue weighted by Crippen LogP contribution is -1.77. The summed E-state index contributed by atoms with van der Waals surface area (Å²) >= 11 is 1.50. The zero-order valence-corrected chi connectivity index (χ0v) is 10.3. The van der Waals surface area contributed by atoms with Crippen LogP contribution < -0.4 is 0 Å². The summed E-state index contributed by atoms with van der Waals surface area (Å²) in [6.07, 6.45) is 0. The minimum absolute atomic E-state index is 0.652. The average molecular weight is 245 g/mol. The molecule has 86 valence electrons. The van der Waals surface area contributed by atoms with Gasteiger partial charge in [0.1, 0.15) is 5.52 Å². The quantitative estimate of drug-likeness (QED) is 0.752. The summed E-state index contributed by atoms with van der Waals surface area (Å²) in [6, 6.07) is 7.75. The van der Waals surface area contributed by atoms with E-state index in [9.17, 15) is 0 Å². The minimum Gasteiger partial charge on any atom is -0.431 e. The van der Waals surface area contributed by atoms with Crippen molar-refractivity contribution in [1.29, 1.82) is 0 Å². The molecule has 0 amide bonds. The summed E-state index contributed by atoms with van der Waals surface area (Å²) < 4.78 is 5.66. The molecule has 0 radical (unpaired) electrons. The third-order valence-corrected chi connectivity index (χ3v) is 3.68. The fraction of sp³-hybridized carbons (Fsp3) is 0.167. The molecule has 3 aromatic rings. The number of aryl methyl sites for hydroxylation is 2. The van der Waals surface area contributed by atoms with Gasteiger partial charge in [0.05, 0.1) is 10.6 Å². The zero-order valence-electron chi connectivity index (χ0n) is 9.52. The summed E-state index contributed by atoms with van der Waals surface area (Å²) in [7, 11) is 0. The number of fused-ring (bicyclic) bond motifs is 1. The van der Waals surface area contributed by atoms with Crippen LogP contribution in [-0.2, 0) is 0 Å². The van der Waals surface area contributed by atoms with Crippen molar-refractivity contribution < 1.29 is 4.42 Å². The number of rotatable bonds is 2. The van der Waals surface area contributed by atoms with Crippen LogP contribution >= 0.6 is 11.8 Å². The lowest BCUT2D eigenvalue weighted by molar-refractivity contribution is 0.489. The summed E-state index contributed by atoms with van der Waals surface area (Å²) in [5, 5.41) is 7.75. The van der Waals surface area contributed by atoms with Crippen LogP contribution in [0.15, 0.2) is 38.8 Å². The van der Waals surface area contributed by atoms with Gasteiger partial charge < -0.3 is 4.42 Å². The van der Waals surface area contributed by atoms with Crippen molar-refractivity contribution in [3.63, 3.8) is 0 Å². The van der Waals surface area contributed by atoms with Gasteiger partial charge in [-0.25, -0.2) is 4.98 Å². The van der Waals surface area contributed by atoms with E-state index in [2.05, 4.69) is 15.2 Å². The molecule has 2 aromatic heterocycles. The van der Waals surface area contributed by atoms with Gasteiger partial charge in [-0.2, -0.15) is 5.10 Å². The monoisotopic (exact) mass is 245 g/mol. The molecule has 1 N–H and O–H groups in total. The molecule has 0 unspecified atom stereocenters. The Balaban J connectivity index is 2.00. The Labute approximate surface area is 102 Å². The maximum atomic E-state index is 5.66. The number of oxazole rings is 1. The minimum atomic E-state index is 0.652. The Morgan fingerprint density at radius 2 is 2.06 bits per heavy atom. The predicted molar refractivity (Wildman–Crippen MR) is 66.2 cm³/mol. The topological polar surface area (TPSA) is 54.7 Å². The molecule has 0 saturated heterocycles. The van der Waals surface area contributed by atoms with E-state index in [1.54, 1.807) is 0 Å². The third-order valence-electron chi connectivity index (χ3n) is 2.52. The van der Waals surface area contributed by atoms with Gasteiger partial charge in [0.15, 0.2) is 5.58 Å². The van der Waals surface area contributed by atoms with Crippen molar-refractivity contribution in [2.24, 2.45) is 0 Å². The summed E-state index contributed by atoms with van der Waals surface area (Å²) in [5.41, 5.74) is 3.70. The predicted octanol–water partition coefficient (Wildman–Crippen LogP) is 3.32. The van der Waals surface area contributed by atoms with Crippen molar-refractivity contribution in [2.75, 3.05) is 0 Å². The van der Waals surface area contributed by atoms with Crippen LogP contribution in [0.3, 0.4) is 0 Å². The molecule has 0 saturated carbocycles. The molecule has 0 fully saturated rings. The molecule has 2 heterocycles. The van der Waals surface area contributed by atoms with Gasteiger partial charge in [0.2, 0.25) is 0 Å². The first-order valence-electron chi connectivity index (χ1n) is 5.29. The van der Waals surface area contributed by atoms with Gasteiger partial charge in [-0.1, -0.05) is 12.1 Å². The number of hydrogen-bond acceptors (Lipinski definition) is 4.